The Balaban J connectivity index is 1.65. The third-order valence-electron chi connectivity index (χ3n) is 3.61. The highest BCUT2D eigenvalue weighted by Crippen LogP contribution is 2.14. The van der Waals surface area contributed by atoms with E-state index >= 15 is 0 Å². The average molecular weight is 379 g/mol. The Labute approximate surface area is 158 Å². The third kappa shape index (κ3) is 7.39. The number of nitrogens with zero attached hydrogens (tertiary/aromatic N) is 2. The summed E-state index contributed by atoms with van der Waals surface area (Å²) in [6, 6.07) is 6.10. The second-order valence-electron chi connectivity index (χ2n) is 5.71. The number of hydrogen-bond acceptors (Lipinski definition) is 4. The van der Waals surface area contributed by atoms with E-state index in [0.29, 0.717) is 18.9 Å². The van der Waals surface area contributed by atoms with Crippen LogP contribution in [0.4, 0.5) is 4.39 Å². The molecule has 2 N–H and O–H groups in total. The van der Waals surface area contributed by atoms with Crippen molar-refractivity contribution in [2.75, 3.05) is 19.7 Å². The zero-order valence-corrected chi connectivity index (χ0v) is 16.2. The Morgan fingerprint density at radius 2 is 2.00 bits per heavy atom. The number of guanidine groups is 1. The number of hydrogen-bond donors (Lipinski definition) is 2. The van der Waals surface area contributed by atoms with Gasteiger partial charge >= 0.3 is 0 Å². The number of aryl methyl sites for hydroxylation is 1. The minimum Gasteiger partial charge on any atom is -0.494 e. The Kier molecular flexibility index (Phi) is 8.89. The van der Waals surface area contributed by atoms with Crippen molar-refractivity contribution in [2.24, 2.45) is 4.99 Å². The number of ether oxygens (including phenoxy) is 1. The molecule has 0 saturated carbocycles. The van der Waals surface area contributed by atoms with E-state index in [4.69, 9.17) is 4.74 Å². The molecule has 142 valence electrons. The number of benzene rings is 1. The lowest BCUT2D eigenvalue weighted by Crippen LogP contribution is -2.37. The molecule has 1 heterocycles. The molecule has 0 bridgehead atoms. The lowest BCUT2D eigenvalue weighted by molar-refractivity contribution is 0.306. The Hall–Kier alpha value is -2.15. The summed E-state index contributed by atoms with van der Waals surface area (Å²) in [7, 11) is 0. The van der Waals surface area contributed by atoms with Crippen molar-refractivity contribution in [3.8, 4) is 5.75 Å². The summed E-state index contributed by atoms with van der Waals surface area (Å²) in [4.78, 5) is 10.3. The minimum atomic E-state index is -0.250. The quantitative estimate of drug-likeness (QED) is 0.375. The molecular formula is C19H27FN4OS. The molecule has 0 aliphatic heterocycles. The van der Waals surface area contributed by atoms with E-state index in [0.717, 1.165) is 43.3 Å². The summed E-state index contributed by atoms with van der Waals surface area (Å²) in [6.07, 6.45) is 4.82. The van der Waals surface area contributed by atoms with E-state index in [1.807, 2.05) is 13.1 Å². The zero-order chi connectivity index (χ0) is 18.6. The fourth-order valence-electron chi connectivity index (χ4n) is 2.23. The van der Waals surface area contributed by atoms with Gasteiger partial charge in [0.15, 0.2) is 5.96 Å². The lowest BCUT2D eigenvalue weighted by atomic mass is 10.3. The van der Waals surface area contributed by atoms with Gasteiger partial charge in [-0.2, -0.15) is 0 Å². The SMILES string of the molecule is CCNC(=NCc1ncc(CC)s1)NCCCCOc1ccc(F)cc1. The van der Waals surface area contributed by atoms with Gasteiger partial charge in [0.1, 0.15) is 16.6 Å². The molecule has 0 atom stereocenters. The standard InChI is InChI=1S/C19H27FN4OS/c1-3-17-13-23-18(26-17)14-24-19(21-4-2)22-11-5-6-12-25-16-9-7-15(20)8-10-16/h7-10,13H,3-6,11-12,14H2,1-2H3,(H2,21,22,24). The Morgan fingerprint density at radius 1 is 1.19 bits per heavy atom. The molecule has 1 aromatic heterocycles. The first-order chi connectivity index (χ1) is 12.7. The van der Waals surface area contributed by atoms with Crippen LogP contribution in [0, 0.1) is 5.82 Å². The fourth-order valence-corrected chi connectivity index (χ4v) is 3.01. The van der Waals surface area contributed by atoms with Crippen molar-refractivity contribution < 1.29 is 9.13 Å². The van der Waals surface area contributed by atoms with E-state index in [2.05, 4.69) is 27.5 Å². The van der Waals surface area contributed by atoms with Gasteiger partial charge in [0.25, 0.3) is 0 Å². The first kappa shape index (κ1) is 20.2. The first-order valence-electron chi connectivity index (χ1n) is 9.05. The number of aliphatic imine (C=N–C) groups is 1. The van der Waals surface area contributed by atoms with Crippen LogP contribution in [0.15, 0.2) is 35.5 Å². The molecule has 1 aromatic carbocycles. The van der Waals surface area contributed by atoms with Gasteiger partial charge in [-0.25, -0.2) is 14.4 Å². The van der Waals surface area contributed by atoms with Crippen molar-refractivity contribution >= 4 is 17.3 Å². The number of aromatic nitrogens is 1. The van der Waals surface area contributed by atoms with Crippen LogP contribution < -0.4 is 15.4 Å². The minimum absolute atomic E-state index is 0.250. The van der Waals surface area contributed by atoms with Gasteiger partial charge in [-0.05, 0) is 50.5 Å². The van der Waals surface area contributed by atoms with Crippen LogP contribution in [0.5, 0.6) is 5.75 Å². The number of unbranched alkanes of at least 4 members (excludes halogenated alkanes) is 1. The predicted molar refractivity (Wildman–Crippen MR) is 105 cm³/mol. The molecular weight excluding hydrogens is 351 g/mol. The molecule has 0 radical (unpaired) electrons. The van der Waals surface area contributed by atoms with E-state index in [1.54, 1.807) is 23.5 Å². The van der Waals surface area contributed by atoms with E-state index in [1.165, 1.54) is 17.0 Å². The molecule has 0 spiro atoms. The van der Waals surface area contributed by atoms with Crippen molar-refractivity contribution in [2.45, 2.75) is 39.7 Å². The molecule has 0 fully saturated rings. The van der Waals surface area contributed by atoms with Crippen LogP contribution in [-0.4, -0.2) is 30.6 Å². The highest BCUT2D eigenvalue weighted by Gasteiger charge is 2.02. The molecule has 0 amide bonds. The summed E-state index contributed by atoms with van der Waals surface area (Å²) in [5, 5.41) is 7.61. The summed E-state index contributed by atoms with van der Waals surface area (Å²) in [5.41, 5.74) is 0. The van der Waals surface area contributed by atoms with Crippen LogP contribution in [0.25, 0.3) is 0 Å². The van der Waals surface area contributed by atoms with E-state index in [-0.39, 0.29) is 5.82 Å². The van der Waals surface area contributed by atoms with Gasteiger partial charge in [-0.15, -0.1) is 11.3 Å². The number of halogens is 1. The average Bonchev–Trinajstić information content (AvgIpc) is 3.12. The number of thiazole rings is 1. The maximum Gasteiger partial charge on any atom is 0.191 e. The first-order valence-corrected chi connectivity index (χ1v) is 9.87. The molecule has 26 heavy (non-hydrogen) atoms. The largest absolute Gasteiger partial charge is 0.494 e. The summed E-state index contributed by atoms with van der Waals surface area (Å²) < 4.78 is 18.4. The third-order valence-corrected chi connectivity index (χ3v) is 4.74. The normalized spacial score (nSPS) is 11.4. The Bertz CT molecular complexity index is 672. The van der Waals surface area contributed by atoms with Crippen molar-refractivity contribution in [1.29, 1.82) is 0 Å². The van der Waals surface area contributed by atoms with Crippen molar-refractivity contribution in [3.63, 3.8) is 0 Å². The van der Waals surface area contributed by atoms with Crippen LogP contribution in [0.2, 0.25) is 0 Å². The monoisotopic (exact) mass is 378 g/mol. The molecule has 0 aliphatic rings. The Morgan fingerprint density at radius 3 is 2.69 bits per heavy atom. The highest BCUT2D eigenvalue weighted by molar-refractivity contribution is 7.11. The predicted octanol–water partition coefficient (Wildman–Crippen LogP) is 3.76. The van der Waals surface area contributed by atoms with Gasteiger partial charge in [0, 0.05) is 24.2 Å². The maximum absolute atomic E-state index is 12.8. The van der Waals surface area contributed by atoms with Crippen molar-refractivity contribution in [3.05, 3.63) is 46.2 Å². The van der Waals surface area contributed by atoms with Gasteiger partial charge < -0.3 is 15.4 Å². The topological polar surface area (TPSA) is 58.5 Å². The second kappa shape index (κ2) is 11.5. The van der Waals surface area contributed by atoms with E-state index in [9.17, 15) is 4.39 Å². The number of rotatable bonds is 10. The molecule has 0 unspecified atom stereocenters. The smallest absolute Gasteiger partial charge is 0.191 e. The van der Waals surface area contributed by atoms with Crippen LogP contribution >= 0.6 is 11.3 Å². The maximum atomic E-state index is 12.8. The zero-order valence-electron chi connectivity index (χ0n) is 15.4. The van der Waals surface area contributed by atoms with Crippen LogP contribution in [-0.2, 0) is 13.0 Å². The number of nitrogens with one attached hydrogen (secondary N) is 2. The van der Waals surface area contributed by atoms with Gasteiger partial charge in [-0.3, -0.25) is 0 Å². The summed E-state index contributed by atoms with van der Waals surface area (Å²) in [5.74, 6) is 1.25. The van der Waals surface area contributed by atoms with Gasteiger partial charge in [0.05, 0.1) is 13.2 Å². The molecule has 2 rings (SSSR count). The van der Waals surface area contributed by atoms with Crippen molar-refractivity contribution in [1.82, 2.24) is 15.6 Å². The lowest BCUT2D eigenvalue weighted by Gasteiger charge is -2.11. The van der Waals surface area contributed by atoms with Gasteiger partial charge in [0.2, 0.25) is 0 Å². The molecule has 7 heteroatoms. The molecule has 5 nitrogen and oxygen atoms in total. The molecule has 0 aliphatic carbocycles. The van der Waals surface area contributed by atoms with E-state index < -0.39 is 0 Å². The van der Waals surface area contributed by atoms with Crippen LogP contribution in [0.3, 0.4) is 0 Å². The van der Waals surface area contributed by atoms with Crippen LogP contribution in [0.1, 0.15) is 36.6 Å². The highest BCUT2D eigenvalue weighted by atomic mass is 32.1. The molecule has 0 saturated heterocycles. The van der Waals surface area contributed by atoms with Gasteiger partial charge in [-0.1, -0.05) is 6.92 Å². The fraction of sp³-hybridized carbons (Fsp3) is 0.474. The second-order valence-corrected chi connectivity index (χ2v) is 6.91. The molecule has 2 aromatic rings. The summed E-state index contributed by atoms with van der Waals surface area (Å²) >= 11 is 1.71. The summed E-state index contributed by atoms with van der Waals surface area (Å²) in [6.45, 7) is 7.01.